The summed E-state index contributed by atoms with van der Waals surface area (Å²) in [6.45, 7) is 16.3. The van der Waals surface area contributed by atoms with Crippen LogP contribution in [0.15, 0.2) is 24.3 Å². The first-order chi connectivity index (χ1) is 12.2. The maximum absolute atomic E-state index is 5.98. The van der Waals surface area contributed by atoms with Crippen molar-refractivity contribution in [3.8, 4) is 5.75 Å². The lowest BCUT2D eigenvalue weighted by Crippen LogP contribution is -2.53. The average molecular weight is 348 g/mol. The van der Waals surface area contributed by atoms with E-state index >= 15 is 0 Å². The molecular formula is C21H37N3O. The molecule has 1 N–H and O–H groups in total. The van der Waals surface area contributed by atoms with E-state index in [1.807, 2.05) is 0 Å². The van der Waals surface area contributed by atoms with E-state index in [-0.39, 0.29) is 0 Å². The molecule has 1 aromatic carbocycles. The SMILES string of the molecule is CCCN(CCC)CC(c1ccccc1OCC)N1CCNCC1C. The van der Waals surface area contributed by atoms with Gasteiger partial charge in [-0.15, -0.1) is 0 Å². The molecule has 0 aliphatic carbocycles. The molecule has 0 saturated carbocycles. The quantitative estimate of drug-likeness (QED) is 0.701. The van der Waals surface area contributed by atoms with E-state index in [4.69, 9.17) is 4.74 Å². The molecule has 0 radical (unpaired) electrons. The summed E-state index contributed by atoms with van der Waals surface area (Å²) in [6.07, 6.45) is 2.41. The zero-order valence-electron chi connectivity index (χ0n) is 16.6. The molecule has 1 aromatic rings. The van der Waals surface area contributed by atoms with Crippen molar-refractivity contribution < 1.29 is 4.74 Å². The van der Waals surface area contributed by atoms with Crippen LogP contribution in [0.3, 0.4) is 0 Å². The molecule has 2 atom stereocenters. The Morgan fingerprint density at radius 1 is 1.20 bits per heavy atom. The highest BCUT2D eigenvalue weighted by atomic mass is 16.5. The zero-order valence-corrected chi connectivity index (χ0v) is 16.6. The van der Waals surface area contributed by atoms with Crippen molar-refractivity contribution in [3.05, 3.63) is 29.8 Å². The molecule has 0 bridgehead atoms. The van der Waals surface area contributed by atoms with Crippen molar-refractivity contribution >= 4 is 0 Å². The summed E-state index contributed by atoms with van der Waals surface area (Å²) in [6, 6.07) is 9.56. The first-order valence-corrected chi connectivity index (χ1v) is 10.1. The van der Waals surface area contributed by atoms with Crippen LogP contribution in [0.1, 0.15) is 52.1 Å². The van der Waals surface area contributed by atoms with Crippen molar-refractivity contribution in [2.75, 3.05) is 45.9 Å². The fraction of sp³-hybridized carbons (Fsp3) is 0.714. The summed E-state index contributed by atoms with van der Waals surface area (Å²) < 4.78 is 5.98. The Balaban J connectivity index is 2.31. The highest BCUT2D eigenvalue weighted by Crippen LogP contribution is 2.32. The largest absolute Gasteiger partial charge is 0.494 e. The van der Waals surface area contributed by atoms with Crippen molar-refractivity contribution in [3.63, 3.8) is 0 Å². The molecule has 1 aliphatic heterocycles. The fourth-order valence-electron chi connectivity index (χ4n) is 3.92. The molecule has 2 unspecified atom stereocenters. The van der Waals surface area contributed by atoms with Gasteiger partial charge in [-0.2, -0.15) is 0 Å². The van der Waals surface area contributed by atoms with E-state index in [1.54, 1.807) is 0 Å². The second kappa shape index (κ2) is 10.8. The maximum atomic E-state index is 5.98. The minimum absolute atomic E-state index is 0.387. The van der Waals surface area contributed by atoms with Crippen molar-refractivity contribution in [1.29, 1.82) is 0 Å². The van der Waals surface area contributed by atoms with Gasteiger partial charge in [0.05, 0.1) is 12.6 Å². The third-order valence-electron chi connectivity index (χ3n) is 5.04. The van der Waals surface area contributed by atoms with Crippen LogP contribution in [0.5, 0.6) is 5.75 Å². The van der Waals surface area contributed by atoms with E-state index in [2.05, 4.69) is 67.1 Å². The van der Waals surface area contributed by atoms with Gasteiger partial charge in [-0.05, 0) is 45.8 Å². The average Bonchev–Trinajstić information content (AvgIpc) is 2.62. The molecule has 4 nitrogen and oxygen atoms in total. The van der Waals surface area contributed by atoms with Gasteiger partial charge in [-0.1, -0.05) is 32.0 Å². The first-order valence-electron chi connectivity index (χ1n) is 10.1. The van der Waals surface area contributed by atoms with E-state index in [0.29, 0.717) is 18.7 Å². The second-order valence-electron chi connectivity index (χ2n) is 7.08. The van der Waals surface area contributed by atoms with Crippen molar-refractivity contribution in [1.82, 2.24) is 15.1 Å². The summed E-state index contributed by atoms with van der Waals surface area (Å²) in [5.41, 5.74) is 1.34. The van der Waals surface area contributed by atoms with Crippen LogP contribution in [0.25, 0.3) is 0 Å². The lowest BCUT2D eigenvalue weighted by molar-refractivity contribution is 0.0821. The van der Waals surface area contributed by atoms with Crippen LogP contribution in [0, 0.1) is 0 Å². The number of nitrogens with one attached hydrogen (secondary N) is 1. The van der Waals surface area contributed by atoms with Gasteiger partial charge >= 0.3 is 0 Å². The Labute approximate surface area is 154 Å². The molecule has 0 aromatic heterocycles. The normalized spacial score (nSPS) is 20.0. The van der Waals surface area contributed by atoms with Crippen molar-refractivity contribution in [2.45, 2.75) is 52.6 Å². The molecule has 0 spiro atoms. The standard InChI is InChI=1S/C21H37N3O/c1-5-13-23(14-6-2)17-20(24-15-12-22-16-18(24)4)19-10-8-9-11-21(19)25-7-3/h8-11,18,20,22H,5-7,12-17H2,1-4H3. The predicted octanol–water partition coefficient (Wildman–Crippen LogP) is 3.54. The number of hydrogen-bond donors (Lipinski definition) is 1. The number of nitrogens with zero attached hydrogens (tertiary/aromatic N) is 2. The number of piperazine rings is 1. The molecule has 2 rings (SSSR count). The molecule has 25 heavy (non-hydrogen) atoms. The smallest absolute Gasteiger partial charge is 0.124 e. The van der Waals surface area contributed by atoms with Gasteiger partial charge in [-0.3, -0.25) is 4.90 Å². The Morgan fingerprint density at radius 3 is 2.56 bits per heavy atom. The van der Waals surface area contributed by atoms with Crippen LogP contribution < -0.4 is 10.1 Å². The van der Waals surface area contributed by atoms with Gasteiger partial charge in [0.25, 0.3) is 0 Å². The van der Waals surface area contributed by atoms with Gasteiger partial charge in [0, 0.05) is 37.8 Å². The Bertz CT molecular complexity index is 488. The predicted molar refractivity (Wildman–Crippen MR) is 106 cm³/mol. The Morgan fingerprint density at radius 2 is 1.92 bits per heavy atom. The first kappa shape index (κ1) is 20.2. The summed E-state index contributed by atoms with van der Waals surface area (Å²) in [5, 5.41) is 3.53. The molecule has 1 heterocycles. The highest BCUT2D eigenvalue weighted by Gasteiger charge is 2.30. The van der Waals surface area contributed by atoms with Crippen LogP contribution in [-0.2, 0) is 0 Å². The lowest BCUT2D eigenvalue weighted by atomic mass is 10.00. The minimum atomic E-state index is 0.387. The third kappa shape index (κ3) is 5.70. The van der Waals surface area contributed by atoms with E-state index < -0.39 is 0 Å². The fourth-order valence-corrected chi connectivity index (χ4v) is 3.92. The molecule has 1 aliphatic rings. The number of hydrogen-bond acceptors (Lipinski definition) is 4. The topological polar surface area (TPSA) is 27.7 Å². The molecule has 4 heteroatoms. The van der Waals surface area contributed by atoms with Gasteiger partial charge in [-0.25, -0.2) is 0 Å². The van der Waals surface area contributed by atoms with E-state index in [9.17, 15) is 0 Å². The van der Waals surface area contributed by atoms with Crippen LogP contribution in [0.2, 0.25) is 0 Å². The summed E-state index contributed by atoms with van der Waals surface area (Å²) in [7, 11) is 0. The van der Waals surface area contributed by atoms with Crippen LogP contribution in [0.4, 0.5) is 0 Å². The maximum Gasteiger partial charge on any atom is 0.124 e. The second-order valence-corrected chi connectivity index (χ2v) is 7.08. The third-order valence-corrected chi connectivity index (χ3v) is 5.04. The monoisotopic (exact) mass is 347 g/mol. The van der Waals surface area contributed by atoms with Crippen LogP contribution in [-0.4, -0.2) is 61.7 Å². The zero-order chi connectivity index (χ0) is 18.1. The minimum Gasteiger partial charge on any atom is -0.494 e. The molecule has 1 saturated heterocycles. The Hall–Kier alpha value is -1.10. The number of rotatable bonds is 10. The van der Waals surface area contributed by atoms with E-state index in [0.717, 1.165) is 31.9 Å². The van der Waals surface area contributed by atoms with Gasteiger partial charge in [0.2, 0.25) is 0 Å². The molecular weight excluding hydrogens is 310 g/mol. The number of para-hydroxylation sites is 1. The Kier molecular flexibility index (Phi) is 8.73. The summed E-state index contributed by atoms with van der Waals surface area (Å²) in [4.78, 5) is 5.30. The molecule has 0 amide bonds. The van der Waals surface area contributed by atoms with Gasteiger partial charge < -0.3 is 15.0 Å². The molecule has 1 fully saturated rings. The lowest BCUT2D eigenvalue weighted by Gasteiger charge is -2.42. The van der Waals surface area contributed by atoms with Crippen LogP contribution >= 0.6 is 0 Å². The number of benzene rings is 1. The van der Waals surface area contributed by atoms with E-state index in [1.165, 1.54) is 31.5 Å². The number of ether oxygens (including phenoxy) is 1. The summed E-state index contributed by atoms with van der Waals surface area (Å²) >= 11 is 0. The van der Waals surface area contributed by atoms with Crippen molar-refractivity contribution in [2.24, 2.45) is 0 Å². The highest BCUT2D eigenvalue weighted by molar-refractivity contribution is 5.36. The molecule has 142 valence electrons. The van der Waals surface area contributed by atoms with Gasteiger partial charge in [0.15, 0.2) is 0 Å². The van der Waals surface area contributed by atoms with Gasteiger partial charge in [0.1, 0.15) is 5.75 Å². The summed E-state index contributed by atoms with van der Waals surface area (Å²) in [5.74, 6) is 1.05.